The van der Waals surface area contributed by atoms with Gasteiger partial charge in [0, 0.05) is 18.3 Å². The number of ether oxygens (including phenoxy) is 3. The first-order valence-corrected chi connectivity index (χ1v) is 8.27. The van der Waals surface area contributed by atoms with Crippen LogP contribution in [0.25, 0.3) is 0 Å². The summed E-state index contributed by atoms with van der Waals surface area (Å²) in [6.45, 7) is 0.575. The van der Waals surface area contributed by atoms with Crippen molar-refractivity contribution in [3.05, 3.63) is 54.2 Å². The monoisotopic (exact) mass is 367 g/mol. The van der Waals surface area contributed by atoms with Gasteiger partial charge in [-0.3, -0.25) is 0 Å². The Kier molecular flexibility index (Phi) is 5.88. The highest BCUT2D eigenvalue weighted by Crippen LogP contribution is 2.30. The average molecular weight is 367 g/mol. The number of hydrogen-bond acceptors (Lipinski definition) is 8. The van der Waals surface area contributed by atoms with E-state index in [9.17, 15) is 0 Å². The van der Waals surface area contributed by atoms with E-state index < -0.39 is 0 Å². The Labute approximate surface area is 157 Å². The van der Waals surface area contributed by atoms with Crippen LogP contribution in [0.2, 0.25) is 0 Å². The van der Waals surface area contributed by atoms with Gasteiger partial charge in [-0.15, -0.1) is 5.10 Å². The highest BCUT2D eigenvalue weighted by atomic mass is 16.5. The Morgan fingerprint density at radius 3 is 2.37 bits per heavy atom. The zero-order valence-corrected chi connectivity index (χ0v) is 15.4. The molecule has 0 fully saturated rings. The lowest BCUT2D eigenvalue weighted by atomic mass is 10.2. The molecule has 8 heteroatoms. The lowest BCUT2D eigenvalue weighted by Gasteiger charge is -2.11. The third-order valence-electron chi connectivity index (χ3n) is 3.82. The largest absolute Gasteiger partial charge is 0.497 e. The smallest absolute Gasteiger partial charge is 0.244 e. The van der Waals surface area contributed by atoms with E-state index in [-0.39, 0.29) is 0 Å². The van der Waals surface area contributed by atoms with Crippen molar-refractivity contribution in [1.82, 2.24) is 15.2 Å². The molecule has 0 saturated heterocycles. The predicted molar refractivity (Wildman–Crippen MR) is 103 cm³/mol. The van der Waals surface area contributed by atoms with E-state index in [0.29, 0.717) is 29.8 Å². The Balaban J connectivity index is 1.66. The molecule has 0 amide bonds. The number of benzene rings is 2. The zero-order chi connectivity index (χ0) is 19.1. The number of aromatic nitrogens is 3. The first kappa shape index (κ1) is 18.2. The van der Waals surface area contributed by atoms with E-state index in [1.807, 2.05) is 42.5 Å². The third-order valence-corrected chi connectivity index (χ3v) is 3.82. The van der Waals surface area contributed by atoms with Crippen LogP contribution >= 0.6 is 0 Å². The molecule has 2 N–H and O–H groups in total. The molecule has 0 radical (unpaired) electrons. The number of hydrogen-bond donors (Lipinski definition) is 2. The standard InChI is InChI=1S/C19H21N5O3/c1-25-15-7-4-13(5-8-15)11-20-19-23-18(12-21-24-19)22-14-6-9-16(26-2)17(10-14)27-3/h4-10,12H,11H2,1-3H3,(H2,20,22,23,24). The summed E-state index contributed by atoms with van der Waals surface area (Å²) >= 11 is 0. The van der Waals surface area contributed by atoms with E-state index in [1.54, 1.807) is 27.5 Å². The van der Waals surface area contributed by atoms with Crippen LogP contribution in [0.1, 0.15) is 5.56 Å². The Morgan fingerprint density at radius 2 is 1.67 bits per heavy atom. The van der Waals surface area contributed by atoms with Crippen molar-refractivity contribution in [2.75, 3.05) is 32.0 Å². The molecule has 3 aromatic rings. The minimum absolute atomic E-state index is 0.427. The van der Waals surface area contributed by atoms with Crippen molar-refractivity contribution in [2.45, 2.75) is 6.54 Å². The Morgan fingerprint density at radius 1 is 0.889 bits per heavy atom. The average Bonchev–Trinajstić information content (AvgIpc) is 2.73. The molecule has 1 aromatic heterocycles. The van der Waals surface area contributed by atoms with E-state index in [4.69, 9.17) is 14.2 Å². The number of nitrogens with zero attached hydrogens (tertiary/aromatic N) is 3. The van der Waals surface area contributed by atoms with Gasteiger partial charge in [-0.25, -0.2) is 0 Å². The van der Waals surface area contributed by atoms with Gasteiger partial charge >= 0.3 is 0 Å². The van der Waals surface area contributed by atoms with Crippen molar-refractivity contribution in [1.29, 1.82) is 0 Å². The van der Waals surface area contributed by atoms with Crippen LogP contribution in [-0.2, 0) is 6.54 Å². The molecular formula is C19H21N5O3. The number of nitrogens with one attached hydrogen (secondary N) is 2. The molecule has 0 bridgehead atoms. The lowest BCUT2D eigenvalue weighted by molar-refractivity contribution is 0.355. The van der Waals surface area contributed by atoms with Crippen LogP contribution in [0.3, 0.4) is 0 Å². The topological polar surface area (TPSA) is 90.4 Å². The summed E-state index contributed by atoms with van der Waals surface area (Å²) in [5.41, 5.74) is 1.88. The van der Waals surface area contributed by atoms with Crippen LogP contribution in [-0.4, -0.2) is 36.5 Å². The first-order valence-electron chi connectivity index (χ1n) is 8.27. The molecule has 0 saturated carbocycles. The van der Waals surface area contributed by atoms with Gasteiger partial charge in [0.05, 0.1) is 27.5 Å². The van der Waals surface area contributed by atoms with Crippen LogP contribution in [0.4, 0.5) is 17.5 Å². The summed E-state index contributed by atoms with van der Waals surface area (Å²) in [5, 5.41) is 14.3. The zero-order valence-electron chi connectivity index (χ0n) is 15.4. The summed E-state index contributed by atoms with van der Waals surface area (Å²) in [4.78, 5) is 4.42. The van der Waals surface area contributed by atoms with E-state index in [1.165, 1.54) is 0 Å². The Bertz CT molecular complexity index is 887. The fourth-order valence-corrected chi connectivity index (χ4v) is 2.43. The normalized spacial score (nSPS) is 10.2. The van der Waals surface area contributed by atoms with Crippen molar-refractivity contribution in [2.24, 2.45) is 0 Å². The summed E-state index contributed by atoms with van der Waals surface area (Å²) < 4.78 is 15.7. The number of methoxy groups -OCH3 is 3. The van der Waals surface area contributed by atoms with Crippen molar-refractivity contribution < 1.29 is 14.2 Å². The third kappa shape index (κ3) is 4.75. The van der Waals surface area contributed by atoms with Gasteiger partial charge in [-0.2, -0.15) is 10.1 Å². The van der Waals surface area contributed by atoms with Crippen molar-refractivity contribution >= 4 is 17.5 Å². The lowest BCUT2D eigenvalue weighted by Crippen LogP contribution is -2.06. The molecule has 27 heavy (non-hydrogen) atoms. The molecule has 0 aliphatic heterocycles. The second-order valence-electron chi connectivity index (χ2n) is 5.56. The minimum Gasteiger partial charge on any atom is -0.497 e. The van der Waals surface area contributed by atoms with Gasteiger partial charge < -0.3 is 24.8 Å². The summed E-state index contributed by atoms with van der Waals surface area (Å²) in [7, 11) is 4.83. The summed E-state index contributed by atoms with van der Waals surface area (Å²) in [6, 6.07) is 13.3. The molecule has 3 rings (SSSR count). The molecule has 140 valence electrons. The van der Waals surface area contributed by atoms with E-state index >= 15 is 0 Å². The van der Waals surface area contributed by atoms with E-state index in [2.05, 4.69) is 25.8 Å². The molecular weight excluding hydrogens is 346 g/mol. The van der Waals surface area contributed by atoms with Gasteiger partial charge in [0.2, 0.25) is 5.95 Å². The fourth-order valence-electron chi connectivity index (χ4n) is 2.43. The van der Waals surface area contributed by atoms with Gasteiger partial charge in [0.25, 0.3) is 0 Å². The quantitative estimate of drug-likeness (QED) is 0.627. The maximum Gasteiger partial charge on any atom is 0.244 e. The van der Waals surface area contributed by atoms with Crippen LogP contribution in [0.15, 0.2) is 48.7 Å². The van der Waals surface area contributed by atoms with Crippen LogP contribution in [0, 0.1) is 0 Å². The van der Waals surface area contributed by atoms with Crippen LogP contribution < -0.4 is 24.8 Å². The number of anilines is 3. The van der Waals surface area contributed by atoms with Crippen molar-refractivity contribution in [3.8, 4) is 17.2 Å². The molecule has 0 atom stereocenters. The van der Waals surface area contributed by atoms with Crippen LogP contribution in [0.5, 0.6) is 17.2 Å². The van der Waals surface area contributed by atoms with Gasteiger partial charge in [0.15, 0.2) is 17.3 Å². The Hall–Kier alpha value is -3.55. The molecule has 1 heterocycles. The molecule has 0 unspecified atom stereocenters. The highest BCUT2D eigenvalue weighted by Gasteiger charge is 2.06. The second kappa shape index (κ2) is 8.70. The molecule has 2 aromatic carbocycles. The molecule has 0 aliphatic carbocycles. The number of rotatable bonds is 8. The van der Waals surface area contributed by atoms with E-state index in [0.717, 1.165) is 17.0 Å². The van der Waals surface area contributed by atoms with Gasteiger partial charge in [0.1, 0.15) is 5.75 Å². The predicted octanol–water partition coefficient (Wildman–Crippen LogP) is 3.25. The summed E-state index contributed by atoms with van der Waals surface area (Å²) in [5.74, 6) is 3.09. The second-order valence-corrected chi connectivity index (χ2v) is 5.56. The fraction of sp³-hybridized carbons (Fsp3) is 0.211. The molecule has 0 spiro atoms. The first-order chi connectivity index (χ1) is 13.2. The minimum atomic E-state index is 0.427. The molecule has 8 nitrogen and oxygen atoms in total. The highest BCUT2D eigenvalue weighted by molar-refractivity contribution is 5.61. The summed E-state index contributed by atoms with van der Waals surface area (Å²) in [6.07, 6.45) is 1.55. The maximum absolute atomic E-state index is 5.31. The van der Waals surface area contributed by atoms with Gasteiger partial charge in [-0.05, 0) is 29.8 Å². The SMILES string of the molecule is COc1ccc(CNc2nncc(Nc3ccc(OC)c(OC)c3)n2)cc1. The molecule has 0 aliphatic rings. The van der Waals surface area contributed by atoms with Gasteiger partial charge in [-0.1, -0.05) is 12.1 Å². The van der Waals surface area contributed by atoms with Crippen molar-refractivity contribution in [3.63, 3.8) is 0 Å². The maximum atomic E-state index is 5.31.